The second-order valence-electron chi connectivity index (χ2n) is 22.1. The van der Waals surface area contributed by atoms with Crippen LogP contribution in [0.25, 0.3) is 64.6 Å². The van der Waals surface area contributed by atoms with E-state index >= 15 is 0 Å². The molecule has 0 spiro atoms. The molecule has 11 aromatic rings. The summed E-state index contributed by atoms with van der Waals surface area (Å²) in [5.74, 6) is 3.19. The Morgan fingerprint density at radius 1 is 0.521 bits per heavy atom. The van der Waals surface area contributed by atoms with E-state index in [-0.39, 0.29) is 86.1 Å². The predicted octanol–water partition coefficient (Wildman–Crippen LogP) is 4.97. The van der Waals surface area contributed by atoms with Crippen molar-refractivity contribution in [2.24, 2.45) is 30.0 Å². The Bertz CT molecular complexity index is 5810. The van der Waals surface area contributed by atoms with Crippen LogP contribution >= 0.6 is 12.0 Å². The van der Waals surface area contributed by atoms with E-state index in [1.165, 1.54) is 42.5 Å². The number of ether oxygens (including phenoxy) is 2. The number of hydrogen-bond acceptors (Lipinski definition) is 21. The van der Waals surface area contributed by atoms with Gasteiger partial charge in [0.05, 0.1) is 26.2 Å². The van der Waals surface area contributed by atoms with Crippen molar-refractivity contribution >= 4 is 166 Å². The van der Waals surface area contributed by atoms with E-state index in [9.17, 15) is 44.2 Å². The zero-order valence-corrected chi connectivity index (χ0v) is 59.0. The molecule has 2 aromatic heterocycles. The van der Waals surface area contributed by atoms with Gasteiger partial charge in [-0.05, 0) is 39.8 Å². The summed E-state index contributed by atoms with van der Waals surface area (Å²) in [7, 11) is -15.0. The zero-order valence-electron chi connectivity index (χ0n) is 51.1. The number of nitrogens with zero attached hydrogens (tertiary/aromatic N) is 9. The van der Waals surface area contributed by atoms with Crippen LogP contribution in [0.4, 0.5) is 11.6 Å². The molecule has 0 amide bonds. The fraction of sp³-hybridized carbons (Fsp3) is 0.154. The molecule has 96 heavy (non-hydrogen) atoms. The predicted molar refractivity (Wildman–Crippen MR) is 353 cm³/mol. The number of fused-ring (bicyclic) bond motifs is 18. The number of aliphatic imine (C=N–C) groups is 4. The van der Waals surface area contributed by atoms with Gasteiger partial charge in [-0.15, -0.1) is 0 Å². The van der Waals surface area contributed by atoms with Gasteiger partial charge in [0.25, 0.3) is 12.0 Å². The smallest absolute Gasteiger partial charge is 1.00 e. The topological polar surface area (TPSA) is 358 Å². The van der Waals surface area contributed by atoms with Gasteiger partial charge in [0.2, 0.25) is 6.73 Å². The third-order valence-electron chi connectivity index (χ3n) is 17.2. The molecule has 25 nitrogen and oxygen atoms in total. The average Bonchev–Trinajstić information content (AvgIpc) is 1.55. The normalized spacial score (nSPS) is 13.9. The van der Waals surface area contributed by atoms with Crippen molar-refractivity contribution in [3.05, 3.63) is 173 Å². The number of aromatic nitrogens is 2. The van der Waals surface area contributed by atoms with E-state index in [4.69, 9.17) is 48.2 Å². The summed E-state index contributed by atoms with van der Waals surface area (Å²) < 4.78 is 142. The average molecular weight is 1540 g/mol. The Morgan fingerprint density at radius 2 is 0.958 bits per heavy atom. The first-order valence-electron chi connectivity index (χ1n) is 29.3. The summed E-state index contributed by atoms with van der Waals surface area (Å²) in [5.41, 5.74) is 2.28. The minimum Gasteiger partial charge on any atom is -1.00 e. The third kappa shape index (κ3) is 11.8. The molecule has 1 radical (unpaired) electrons. The monoisotopic (exact) mass is 1540 g/mol. The van der Waals surface area contributed by atoms with Gasteiger partial charge < -0.3 is 38.9 Å². The molecular formula is C65H51GaIN9O16S4-3. The molecule has 6 bridgehead atoms. The maximum Gasteiger partial charge on any atom is -1.00 e. The molecule has 4 aliphatic heterocycles. The van der Waals surface area contributed by atoms with E-state index in [0.29, 0.717) is 118 Å². The van der Waals surface area contributed by atoms with Crippen LogP contribution in [0.2, 0.25) is 0 Å². The van der Waals surface area contributed by atoms with Crippen molar-refractivity contribution in [3.63, 3.8) is 0 Å². The van der Waals surface area contributed by atoms with Crippen LogP contribution in [-0.4, -0.2) is 136 Å². The second kappa shape index (κ2) is 26.0. The number of para-hydroxylation sites is 1. The summed E-state index contributed by atoms with van der Waals surface area (Å²) in [6.45, 7) is 14.7. The molecule has 489 valence electrons. The zero-order chi connectivity index (χ0) is 65.8. The van der Waals surface area contributed by atoms with Gasteiger partial charge in [-0.25, -0.2) is 4.42 Å². The number of quaternary nitrogens is 1. The molecule has 0 saturated carbocycles. The summed E-state index contributed by atoms with van der Waals surface area (Å²) in [6.07, 6.45) is 1.65. The summed E-state index contributed by atoms with van der Waals surface area (Å²) in [6, 6.07) is 37.4. The Kier molecular flexibility index (Phi) is 18.4. The van der Waals surface area contributed by atoms with Crippen molar-refractivity contribution in [2.75, 3.05) is 33.0 Å². The fourth-order valence-electron chi connectivity index (χ4n) is 12.4. The van der Waals surface area contributed by atoms with Crippen molar-refractivity contribution in [3.8, 4) is 17.2 Å². The first kappa shape index (κ1) is 67.9. The van der Waals surface area contributed by atoms with Gasteiger partial charge in [0, 0.05) is 13.0 Å². The van der Waals surface area contributed by atoms with Crippen LogP contribution in [0, 0.1) is 0 Å². The Labute approximate surface area is 576 Å². The largest absolute Gasteiger partial charge is 1.00 e. The van der Waals surface area contributed by atoms with Gasteiger partial charge in [0.15, 0.2) is 5.75 Å². The molecule has 0 aliphatic carbocycles. The standard InChI is InChI=1S/C48H24N8O12S4.C17H29NO3.Ga.HI.H2O/c57-67-68-69-37-9-1-5-21-13-29-33(17-25(21)37)45-49-41(29)51-46-35-19-27-23(7-3-11-39(27)71(61,62)63)15-31(35)43(53-46)55-48-36-20-28-24(8-4-12-40(28)72(64,65)66)16-32(36)44(56-48)54-47-34-18-26-22(14-30(34)42(50-45)52-47)6-2-10-38(26)70(58,59)60;1-6-18(7-2,8-3)14-21-17-15(19-9-4)12-11-13-16(17)20-10-5;;;/h1-20H,(H4-2,49,50,51,52,53,54,55,56,57,58,59,60,61,62,63,64,65,66);9,11-13H,6-8,10,14H2,1-5H3;;1H;1H2/q-2;2*+2;;/p-5. The van der Waals surface area contributed by atoms with Gasteiger partial charge in [-0.2, -0.15) is 0 Å². The second-order valence-corrected chi connectivity index (χ2v) is 29.6. The minimum atomic E-state index is -5.02. The minimum absolute atomic E-state index is 0. The maximum atomic E-state index is 12.8. The quantitative estimate of drug-likeness (QED) is 0.0125. The van der Waals surface area contributed by atoms with Crippen LogP contribution < -0.4 is 49.7 Å². The number of amidine groups is 4. The van der Waals surface area contributed by atoms with Crippen LogP contribution in [0.3, 0.4) is 0 Å². The Morgan fingerprint density at radius 3 is 1.47 bits per heavy atom. The number of hydrogen-bond donors (Lipinski definition) is 0. The van der Waals surface area contributed by atoms with Gasteiger partial charge in [0.1, 0.15) is 0 Å². The van der Waals surface area contributed by atoms with Crippen molar-refractivity contribution in [1.29, 1.82) is 0 Å². The van der Waals surface area contributed by atoms with E-state index in [1.54, 1.807) is 66.9 Å². The number of halogens is 1. The molecular weight excluding hydrogens is 1490 g/mol. The number of benzene rings is 9. The van der Waals surface area contributed by atoms with Crippen LogP contribution in [0.15, 0.2) is 189 Å². The molecule has 6 heterocycles. The SMILES string of the molecule is CC=[O+]c1cccc(OCC)c1OC[N+](CC)(CC)CC.O.O=S(=O)([O-])c1cccc2cc3c(cc12)C1=Nc2c4cc5cccc(S(=O)(=O)[O-])c5cc4c4[n]2[Ga][n]2c(c5cc6cccc(S(=O)(=O)[O-])c6cc5c2=NC3=N1)=NC1=NC(=N4)c2cc3cccc(SOO[O-])c3cc21.[I-]. The number of aldehydes is 1. The van der Waals surface area contributed by atoms with Crippen LogP contribution in [0.1, 0.15) is 56.9 Å². The summed E-state index contributed by atoms with van der Waals surface area (Å²) >= 11 is -1.74. The molecule has 9 aromatic carbocycles. The molecule has 15 rings (SSSR count). The summed E-state index contributed by atoms with van der Waals surface area (Å²) in [5, 5.41) is 19.1. The molecule has 0 atom stereocenters. The van der Waals surface area contributed by atoms with Crippen molar-refractivity contribution in [2.45, 2.75) is 54.2 Å². The van der Waals surface area contributed by atoms with Crippen molar-refractivity contribution < 1.29 is 101 Å². The van der Waals surface area contributed by atoms with Crippen LogP contribution in [0.5, 0.6) is 17.2 Å². The molecule has 0 fully saturated rings. The first-order valence-corrected chi connectivity index (χ1v) is 36.5. The van der Waals surface area contributed by atoms with E-state index in [2.05, 4.69) is 25.8 Å². The van der Waals surface area contributed by atoms with Gasteiger partial charge >= 0.3 is 430 Å². The first-order chi connectivity index (χ1) is 45.2. The van der Waals surface area contributed by atoms with Gasteiger partial charge in [-0.1, -0.05) is 0 Å². The van der Waals surface area contributed by atoms with E-state index < -0.39 is 62.9 Å². The number of rotatable bonds is 15. The Hall–Kier alpha value is -8.10. The molecule has 4 aliphatic rings. The third-order valence-corrected chi connectivity index (χ3v) is 23.6. The molecule has 2 N–H and O–H groups in total. The Balaban J connectivity index is 0.000000331. The maximum absolute atomic E-state index is 12.8. The fourth-order valence-corrected chi connectivity index (χ4v) is 18.0. The van der Waals surface area contributed by atoms with Crippen LogP contribution in [-0.2, 0) is 44.2 Å². The van der Waals surface area contributed by atoms with Crippen molar-refractivity contribution in [1.82, 2.24) is 6.55 Å². The number of carbonyl (C=O) groups excluding carboxylic acids is 1. The van der Waals surface area contributed by atoms with E-state index in [0.717, 1.165) is 29.9 Å². The molecule has 31 heteroatoms. The molecule has 0 unspecified atom stereocenters. The van der Waals surface area contributed by atoms with Gasteiger partial charge in [-0.3, -0.25) is 4.48 Å². The molecule has 0 saturated heterocycles. The summed E-state index contributed by atoms with van der Waals surface area (Å²) in [4.78, 5) is 30.2. The van der Waals surface area contributed by atoms with E-state index in [1.807, 2.05) is 56.8 Å².